The van der Waals surface area contributed by atoms with Gasteiger partial charge in [0.25, 0.3) is 5.91 Å². The smallest absolute Gasteiger partial charge is 0.352 e. The number of carbonyl (C=O) groups excluding carboxylic acids is 1. The lowest BCUT2D eigenvalue weighted by molar-refractivity contribution is -0.132. The molecule has 0 radical (unpaired) electrons. The molecule has 29 heavy (non-hydrogen) atoms. The van der Waals surface area contributed by atoms with Crippen molar-refractivity contribution in [2.45, 2.75) is 6.61 Å². The summed E-state index contributed by atoms with van der Waals surface area (Å²) in [4.78, 5) is 24.0. The Balaban J connectivity index is 1.81. The predicted octanol–water partition coefficient (Wildman–Crippen LogP) is 4.73. The van der Waals surface area contributed by atoms with Crippen LogP contribution < -0.4 is 10.1 Å². The molecule has 0 aromatic heterocycles. The highest BCUT2D eigenvalue weighted by Crippen LogP contribution is 2.22. The van der Waals surface area contributed by atoms with E-state index in [2.05, 4.69) is 27.9 Å². The van der Waals surface area contributed by atoms with Gasteiger partial charge in [-0.15, -0.1) is 0 Å². The number of aliphatic carboxylic acids is 1. The highest BCUT2D eigenvalue weighted by Gasteiger charge is 2.14. The molecule has 3 rings (SSSR count). The number of hydrogen-bond donors (Lipinski definition) is 2. The van der Waals surface area contributed by atoms with Crippen molar-refractivity contribution in [3.8, 4) is 5.75 Å². The molecule has 6 heteroatoms. The maximum atomic E-state index is 12.3. The first kappa shape index (κ1) is 20.6. The number of carbonyl (C=O) groups is 2. The number of halogens is 1. The van der Waals surface area contributed by atoms with Crippen LogP contribution in [-0.2, 0) is 11.4 Å². The Hall–Kier alpha value is -3.13. The molecule has 0 heterocycles. The third kappa shape index (κ3) is 5.92. The third-order valence-corrected chi connectivity index (χ3v) is 4.69. The summed E-state index contributed by atoms with van der Waals surface area (Å²) < 4.78 is 7.00. The second kappa shape index (κ2) is 9.88. The second-order valence-electron chi connectivity index (χ2n) is 6.14. The van der Waals surface area contributed by atoms with Gasteiger partial charge in [-0.25, -0.2) is 4.79 Å². The minimum Gasteiger partial charge on any atom is -0.488 e. The molecule has 0 bridgehead atoms. The number of ether oxygens (including phenoxy) is 1. The van der Waals surface area contributed by atoms with Gasteiger partial charge in [0.2, 0.25) is 0 Å². The number of carboxylic acids is 1. The summed E-state index contributed by atoms with van der Waals surface area (Å²) in [6.07, 6.45) is 1.40. The van der Waals surface area contributed by atoms with Gasteiger partial charge in [-0.3, -0.25) is 4.79 Å². The Morgan fingerprint density at radius 2 is 1.69 bits per heavy atom. The first-order chi connectivity index (χ1) is 14.0. The lowest BCUT2D eigenvalue weighted by Gasteiger charge is -2.11. The molecule has 0 aliphatic heterocycles. The first-order valence-corrected chi connectivity index (χ1v) is 9.88. The van der Waals surface area contributed by atoms with Crippen LogP contribution in [0.1, 0.15) is 21.5 Å². The molecule has 0 atom stereocenters. The fourth-order valence-corrected chi connectivity index (χ4v) is 3.22. The number of nitrogens with one attached hydrogen (secondary N) is 1. The zero-order chi connectivity index (χ0) is 20.6. The van der Waals surface area contributed by atoms with Crippen LogP contribution in [0.25, 0.3) is 6.08 Å². The molecule has 0 saturated heterocycles. The van der Waals surface area contributed by atoms with Gasteiger partial charge in [0.05, 0.1) is 0 Å². The van der Waals surface area contributed by atoms with Gasteiger partial charge in [0.1, 0.15) is 18.1 Å². The van der Waals surface area contributed by atoms with Crippen LogP contribution in [0.15, 0.2) is 84.6 Å². The van der Waals surface area contributed by atoms with Crippen molar-refractivity contribution in [2.24, 2.45) is 0 Å². The highest BCUT2D eigenvalue weighted by molar-refractivity contribution is 14.1. The number of benzene rings is 3. The molecule has 0 aliphatic carbocycles. The van der Waals surface area contributed by atoms with Crippen molar-refractivity contribution >= 4 is 40.5 Å². The lowest BCUT2D eigenvalue weighted by Crippen LogP contribution is -2.27. The van der Waals surface area contributed by atoms with E-state index in [-0.39, 0.29) is 5.70 Å². The Morgan fingerprint density at radius 3 is 2.41 bits per heavy atom. The summed E-state index contributed by atoms with van der Waals surface area (Å²) in [5.74, 6) is -1.20. The maximum Gasteiger partial charge on any atom is 0.352 e. The van der Waals surface area contributed by atoms with Crippen LogP contribution in [0, 0.1) is 3.57 Å². The van der Waals surface area contributed by atoms with Gasteiger partial charge in [-0.05, 0) is 64.6 Å². The van der Waals surface area contributed by atoms with E-state index in [4.69, 9.17) is 4.74 Å². The van der Waals surface area contributed by atoms with E-state index in [0.717, 1.165) is 9.13 Å². The SMILES string of the molecule is O=C(O)/C(=C\c1ccccc1OCc1cccc(I)c1)NC(=O)c1ccccc1. The number of carboxylic acid groups (broad SMARTS) is 1. The summed E-state index contributed by atoms with van der Waals surface area (Å²) in [7, 11) is 0. The number of amides is 1. The van der Waals surface area contributed by atoms with Crippen LogP contribution in [-0.4, -0.2) is 17.0 Å². The summed E-state index contributed by atoms with van der Waals surface area (Å²) in [5.41, 5.74) is 1.71. The van der Waals surface area contributed by atoms with Gasteiger partial charge < -0.3 is 15.2 Å². The van der Waals surface area contributed by atoms with Crippen LogP contribution >= 0.6 is 22.6 Å². The van der Waals surface area contributed by atoms with Crippen LogP contribution in [0.5, 0.6) is 5.75 Å². The normalized spacial score (nSPS) is 11.0. The molecule has 3 aromatic rings. The maximum absolute atomic E-state index is 12.3. The Kier molecular flexibility index (Phi) is 7.02. The average molecular weight is 499 g/mol. The van der Waals surface area contributed by atoms with Gasteiger partial charge in [-0.1, -0.05) is 48.5 Å². The van der Waals surface area contributed by atoms with Crippen molar-refractivity contribution in [1.29, 1.82) is 0 Å². The van der Waals surface area contributed by atoms with Crippen molar-refractivity contribution in [1.82, 2.24) is 5.32 Å². The van der Waals surface area contributed by atoms with E-state index >= 15 is 0 Å². The van der Waals surface area contributed by atoms with Crippen molar-refractivity contribution in [2.75, 3.05) is 0 Å². The summed E-state index contributed by atoms with van der Waals surface area (Å²) in [6.45, 7) is 0.348. The Bertz CT molecular complexity index is 1050. The minimum absolute atomic E-state index is 0.232. The third-order valence-electron chi connectivity index (χ3n) is 4.02. The predicted molar refractivity (Wildman–Crippen MR) is 119 cm³/mol. The number of para-hydroxylation sites is 1. The fourth-order valence-electron chi connectivity index (χ4n) is 2.61. The molecular formula is C23H18INO4. The van der Waals surface area contributed by atoms with E-state index in [0.29, 0.717) is 23.5 Å². The molecular weight excluding hydrogens is 481 g/mol. The summed E-state index contributed by atoms with van der Waals surface area (Å²) in [5, 5.41) is 12.0. The molecule has 0 unspecified atom stereocenters. The Morgan fingerprint density at radius 1 is 0.966 bits per heavy atom. The van der Waals surface area contributed by atoms with Gasteiger partial charge >= 0.3 is 5.97 Å². The molecule has 3 aromatic carbocycles. The molecule has 0 saturated carbocycles. The largest absolute Gasteiger partial charge is 0.488 e. The molecule has 146 valence electrons. The van der Waals surface area contributed by atoms with Gasteiger partial charge in [0, 0.05) is 14.7 Å². The number of rotatable bonds is 7. The Labute approximate surface area is 182 Å². The average Bonchev–Trinajstić information content (AvgIpc) is 2.73. The van der Waals surface area contributed by atoms with Crippen molar-refractivity contribution in [3.05, 3.63) is 105 Å². The quantitative estimate of drug-likeness (QED) is 0.364. The van der Waals surface area contributed by atoms with Crippen molar-refractivity contribution in [3.63, 3.8) is 0 Å². The molecule has 5 nitrogen and oxygen atoms in total. The van der Waals surface area contributed by atoms with Crippen LogP contribution in [0.4, 0.5) is 0 Å². The summed E-state index contributed by atoms with van der Waals surface area (Å²) in [6, 6.07) is 23.5. The van der Waals surface area contributed by atoms with E-state index in [1.807, 2.05) is 30.3 Å². The standard InChI is InChI=1S/C23H18INO4/c24-19-11-6-7-16(13-19)15-29-21-12-5-4-10-18(21)14-20(23(27)28)25-22(26)17-8-2-1-3-9-17/h1-14H,15H2,(H,25,26)(H,27,28)/b20-14+. The monoisotopic (exact) mass is 499 g/mol. The zero-order valence-corrected chi connectivity index (χ0v) is 17.5. The van der Waals surface area contributed by atoms with Gasteiger partial charge in [0.15, 0.2) is 0 Å². The van der Waals surface area contributed by atoms with Crippen LogP contribution in [0.2, 0.25) is 0 Å². The lowest BCUT2D eigenvalue weighted by atomic mass is 10.1. The molecule has 2 N–H and O–H groups in total. The molecule has 1 amide bonds. The molecule has 0 fully saturated rings. The van der Waals surface area contributed by atoms with Crippen molar-refractivity contribution < 1.29 is 19.4 Å². The number of hydrogen-bond acceptors (Lipinski definition) is 3. The summed E-state index contributed by atoms with van der Waals surface area (Å²) >= 11 is 2.23. The highest BCUT2D eigenvalue weighted by atomic mass is 127. The second-order valence-corrected chi connectivity index (χ2v) is 7.39. The molecule has 0 aliphatic rings. The van der Waals surface area contributed by atoms with E-state index in [1.165, 1.54) is 6.08 Å². The van der Waals surface area contributed by atoms with E-state index in [1.54, 1.807) is 48.5 Å². The molecule has 0 spiro atoms. The van der Waals surface area contributed by atoms with E-state index in [9.17, 15) is 14.7 Å². The minimum atomic E-state index is -1.23. The van der Waals surface area contributed by atoms with Gasteiger partial charge in [-0.2, -0.15) is 0 Å². The van der Waals surface area contributed by atoms with E-state index < -0.39 is 11.9 Å². The fraction of sp³-hybridized carbons (Fsp3) is 0.0435. The van der Waals surface area contributed by atoms with Crippen LogP contribution in [0.3, 0.4) is 0 Å². The topological polar surface area (TPSA) is 75.6 Å². The first-order valence-electron chi connectivity index (χ1n) is 8.80. The zero-order valence-electron chi connectivity index (χ0n) is 15.3.